The molecule has 0 radical (unpaired) electrons. The van der Waals surface area contributed by atoms with E-state index in [1.807, 2.05) is 50.2 Å². The number of carbonyl (C=O) groups excluding carboxylic acids is 3. The van der Waals surface area contributed by atoms with Gasteiger partial charge in [0.25, 0.3) is 0 Å². The Labute approximate surface area is 189 Å². The number of anilines is 1. The minimum Gasteiger partial charge on any atom is -0.343 e. The van der Waals surface area contributed by atoms with Gasteiger partial charge in [0, 0.05) is 30.8 Å². The number of aromatic nitrogens is 1. The van der Waals surface area contributed by atoms with E-state index in [-0.39, 0.29) is 24.0 Å². The molecule has 2 aromatic carbocycles. The Morgan fingerprint density at radius 1 is 1.19 bits per heavy atom. The van der Waals surface area contributed by atoms with Crippen LogP contribution in [0.5, 0.6) is 0 Å². The van der Waals surface area contributed by atoms with Crippen molar-refractivity contribution in [2.24, 2.45) is 0 Å². The molecule has 0 bridgehead atoms. The van der Waals surface area contributed by atoms with Crippen LogP contribution in [-0.4, -0.2) is 46.3 Å². The number of thioether (sulfide) groups is 1. The van der Waals surface area contributed by atoms with Gasteiger partial charge in [-0.05, 0) is 37.6 Å². The van der Waals surface area contributed by atoms with Crippen LogP contribution in [0.25, 0.3) is 10.2 Å². The van der Waals surface area contributed by atoms with Gasteiger partial charge in [-0.25, -0.2) is 4.98 Å². The Balaban J connectivity index is 1.45. The number of rotatable bonds is 7. The van der Waals surface area contributed by atoms with Crippen LogP contribution in [0.1, 0.15) is 42.1 Å². The fourth-order valence-corrected chi connectivity index (χ4v) is 5.77. The lowest BCUT2D eigenvalue weighted by atomic mass is 10.0. The average molecular weight is 454 g/mol. The first-order valence-electron chi connectivity index (χ1n) is 10.2. The summed E-state index contributed by atoms with van der Waals surface area (Å²) < 4.78 is 1.77. The second kappa shape index (κ2) is 9.20. The molecular weight excluding hydrogens is 430 g/mol. The first-order chi connectivity index (χ1) is 15.0. The lowest BCUT2D eigenvalue weighted by Gasteiger charge is -2.17. The molecule has 4 rings (SSSR count). The number of hydrogen-bond donors (Lipinski definition) is 1. The Morgan fingerprint density at radius 2 is 1.97 bits per heavy atom. The van der Waals surface area contributed by atoms with E-state index in [1.54, 1.807) is 11.0 Å². The van der Waals surface area contributed by atoms with Crippen LogP contribution in [0.2, 0.25) is 0 Å². The van der Waals surface area contributed by atoms with Gasteiger partial charge in [-0.3, -0.25) is 14.4 Å². The van der Waals surface area contributed by atoms with Gasteiger partial charge in [-0.1, -0.05) is 36.0 Å². The standard InChI is InChI=1S/C23H23N3O3S2/c1-3-26(4-2)21(28)13-30-23-25-18-10-9-14(11-20(18)31-23)24-22(29)17-12-19(27)16-8-6-5-7-15(16)17/h5-11,17H,3-4,12-13H2,1-2H3,(H,24,29). The number of ketones is 1. The summed E-state index contributed by atoms with van der Waals surface area (Å²) in [6.07, 6.45) is 0.204. The molecular formula is C23H23N3O3S2. The Kier molecular flexibility index (Phi) is 6.38. The molecule has 0 spiro atoms. The van der Waals surface area contributed by atoms with Gasteiger partial charge in [0.2, 0.25) is 11.8 Å². The van der Waals surface area contributed by atoms with Crippen molar-refractivity contribution in [2.45, 2.75) is 30.5 Å². The van der Waals surface area contributed by atoms with Crippen LogP contribution in [0.3, 0.4) is 0 Å². The van der Waals surface area contributed by atoms with E-state index in [2.05, 4.69) is 10.3 Å². The molecule has 1 aliphatic rings. The summed E-state index contributed by atoms with van der Waals surface area (Å²) in [6.45, 7) is 5.35. The summed E-state index contributed by atoms with van der Waals surface area (Å²) >= 11 is 2.94. The average Bonchev–Trinajstić information content (AvgIpc) is 3.34. The van der Waals surface area contributed by atoms with Crippen molar-refractivity contribution in [1.29, 1.82) is 0 Å². The fraction of sp³-hybridized carbons (Fsp3) is 0.304. The van der Waals surface area contributed by atoms with E-state index in [0.29, 0.717) is 30.1 Å². The monoisotopic (exact) mass is 453 g/mol. The second-order valence-electron chi connectivity index (χ2n) is 7.27. The Bertz CT molecular complexity index is 1150. The van der Waals surface area contributed by atoms with E-state index in [4.69, 9.17) is 0 Å². The normalized spacial score (nSPS) is 15.2. The minimum absolute atomic E-state index is 0.00887. The predicted octanol–water partition coefficient (Wildman–Crippen LogP) is 4.57. The molecule has 1 atom stereocenters. The second-order valence-corrected chi connectivity index (χ2v) is 9.53. The number of nitrogens with zero attached hydrogens (tertiary/aromatic N) is 2. The van der Waals surface area contributed by atoms with Crippen LogP contribution in [-0.2, 0) is 9.59 Å². The molecule has 2 amide bonds. The number of Topliss-reactive ketones (excluding diaryl/α,β-unsaturated/α-hetero) is 1. The summed E-state index contributed by atoms with van der Waals surface area (Å²) in [4.78, 5) is 43.6. The predicted molar refractivity (Wildman–Crippen MR) is 125 cm³/mol. The molecule has 1 aliphatic carbocycles. The number of hydrogen-bond acceptors (Lipinski definition) is 6. The van der Waals surface area contributed by atoms with Crippen molar-refractivity contribution in [3.8, 4) is 0 Å². The van der Waals surface area contributed by atoms with Gasteiger partial charge in [0.05, 0.1) is 21.9 Å². The molecule has 1 N–H and O–H groups in total. The molecule has 1 heterocycles. The van der Waals surface area contributed by atoms with E-state index in [1.165, 1.54) is 23.1 Å². The van der Waals surface area contributed by atoms with Crippen LogP contribution >= 0.6 is 23.1 Å². The van der Waals surface area contributed by atoms with Crippen molar-refractivity contribution in [2.75, 3.05) is 24.2 Å². The summed E-state index contributed by atoms with van der Waals surface area (Å²) in [5.41, 5.74) is 2.94. The highest BCUT2D eigenvalue weighted by Gasteiger charge is 2.33. The SMILES string of the molecule is CCN(CC)C(=O)CSc1nc2ccc(NC(=O)C3CC(=O)c4ccccc43)cc2s1. The zero-order chi connectivity index (χ0) is 22.0. The van der Waals surface area contributed by atoms with Crippen LogP contribution in [0.15, 0.2) is 46.8 Å². The van der Waals surface area contributed by atoms with E-state index in [9.17, 15) is 14.4 Å². The van der Waals surface area contributed by atoms with Gasteiger partial charge in [-0.15, -0.1) is 11.3 Å². The number of carbonyl (C=O) groups is 3. The third-order valence-corrected chi connectivity index (χ3v) is 7.56. The van der Waals surface area contributed by atoms with Gasteiger partial charge in [0.1, 0.15) is 0 Å². The van der Waals surface area contributed by atoms with E-state index < -0.39 is 5.92 Å². The van der Waals surface area contributed by atoms with Crippen LogP contribution in [0.4, 0.5) is 5.69 Å². The molecule has 0 saturated carbocycles. The quantitative estimate of drug-likeness (QED) is 0.530. The molecule has 3 aromatic rings. The van der Waals surface area contributed by atoms with Crippen molar-refractivity contribution in [3.05, 3.63) is 53.6 Å². The highest BCUT2D eigenvalue weighted by Crippen LogP contribution is 2.35. The third-order valence-electron chi connectivity index (χ3n) is 5.41. The van der Waals surface area contributed by atoms with Crippen LogP contribution < -0.4 is 5.32 Å². The molecule has 0 aliphatic heterocycles. The Hall–Kier alpha value is -2.71. The molecule has 1 unspecified atom stereocenters. The first kappa shape index (κ1) is 21.5. The van der Waals surface area contributed by atoms with Crippen molar-refractivity contribution in [3.63, 3.8) is 0 Å². The Morgan fingerprint density at radius 3 is 2.74 bits per heavy atom. The molecule has 0 fully saturated rings. The zero-order valence-electron chi connectivity index (χ0n) is 17.4. The number of benzene rings is 2. The van der Waals surface area contributed by atoms with Crippen molar-refractivity contribution < 1.29 is 14.4 Å². The molecule has 8 heteroatoms. The lowest BCUT2D eigenvalue weighted by molar-refractivity contribution is -0.128. The molecule has 6 nitrogen and oxygen atoms in total. The maximum atomic E-state index is 12.8. The number of amides is 2. The molecule has 31 heavy (non-hydrogen) atoms. The van der Waals surface area contributed by atoms with E-state index in [0.717, 1.165) is 20.1 Å². The highest BCUT2D eigenvalue weighted by atomic mass is 32.2. The lowest BCUT2D eigenvalue weighted by Crippen LogP contribution is -2.31. The maximum absolute atomic E-state index is 12.8. The number of fused-ring (bicyclic) bond motifs is 2. The highest BCUT2D eigenvalue weighted by molar-refractivity contribution is 8.01. The zero-order valence-corrected chi connectivity index (χ0v) is 19.0. The first-order valence-corrected chi connectivity index (χ1v) is 12.0. The third kappa shape index (κ3) is 4.50. The van der Waals surface area contributed by atoms with Crippen molar-refractivity contribution >= 4 is 56.6 Å². The number of nitrogens with one attached hydrogen (secondary N) is 1. The van der Waals surface area contributed by atoms with Gasteiger partial charge in [-0.2, -0.15) is 0 Å². The van der Waals surface area contributed by atoms with Gasteiger partial charge < -0.3 is 10.2 Å². The topological polar surface area (TPSA) is 79.4 Å². The smallest absolute Gasteiger partial charge is 0.232 e. The molecule has 0 saturated heterocycles. The summed E-state index contributed by atoms with van der Waals surface area (Å²) in [5, 5.41) is 2.95. The van der Waals surface area contributed by atoms with Gasteiger partial charge in [0.15, 0.2) is 10.1 Å². The van der Waals surface area contributed by atoms with Crippen LogP contribution in [0, 0.1) is 0 Å². The summed E-state index contributed by atoms with van der Waals surface area (Å²) in [5.74, 6) is -0.164. The van der Waals surface area contributed by atoms with Gasteiger partial charge >= 0.3 is 0 Å². The maximum Gasteiger partial charge on any atom is 0.232 e. The fourth-order valence-electron chi connectivity index (χ4n) is 3.76. The number of thiazole rings is 1. The largest absolute Gasteiger partial charge is 0.343 e. The molecule has 1 aromatic heterocycles. The minimum atomic E-state index is -0.460. The summed E-state index contributed by atoms with van der Waals surface area (Å²) in [6, 6.07) is 12.9. The van der Waals surface area contributed by atoms with E-state index >= 15 is 0 Å². The summed E-state index contributed by atoms with van der Waals surface area (Å²) in [7, 11) is 0. The van der Waals surface area contributed by atoms with Crippen molar-refractivity contribution in [1.82, 2.24) is 9.88 Å². The molecule has 160 valence electrons.